The zero-order valence-electron chi connectivity index (χ0n) is 10.6. The number of nitrogens with two attached hydrogens (primary N) is 1. The second-order valence-electron chi connectivity index (χ2n) is 4.78. The Bertz CT molecular complexity index is 378. The normalized spacial score (nSPS) is 24.6. The summed E-state index contributed by atoms with van der Waals surface area (Å²) in [4.78, 5) is 0. The molecule has 3 nitrogen and oxygen atoms in total. The van der Waals surface area contributed by atoms with E-state index in [9.17, 15) is 0 Å². The standard InChI is InChI=1S/C14H21NO2/c1-10-8-13(6-7-14(10)15)17-12-5-3-4-11(9-12)16-2/h6-8,11-12H,3-5,9,15H2,1-2H3. The van der Waals surface area contributed by atoms with Crippen LogP contribution in [0.3, 0.4) is 0 Å². The van der Waals surface area contributed by atoms with Crippen LogP contribution in [0.1, 0.15) is 31.2 Å². The Labute approximate surface area is 103 Å². The largest absolute Gasteiger partial charge is 0.490 e. The molecule has 2 rings (SSSR count). The summed E-state index contributed by atoms with van der Waals surface area (Å²) in [6, 6.07) is 5.85. The lowest BCUT2D eigenvalue weighted by atomic mass is 9.95. The van der Waals surface area contributed by atoms with E-state index in [4.69, 9.17) is 15.2 Å². The first-order valence-corrected chi connectivity index (χ1v) is 6.24. The molecule has 0 aromatic heterocycles. The Morgan fingerprint density at radius 1 is 1.24 bits per heavy atom. The number of methoxy groups -OCH3 is 1. The highest BCUT2D eigenvalue weighted by Crippen LogP contribution is 2.26. The molecule has 1 fully saturated rings. The molecular weight excluding hydrogens is 214 g/mol. The highest BCUT2D eigenvalue weighted by Gasteiger charge is 2.23. The zero-order valence-corrected chi connectivity index (χ0v) is 10.6. The summed E-state index contributed by atoms with van der Waals surface area (Å²) in [6.45, 7) is 2.00. The Balaban J connectivity index is 1.97. The SMILES string of the molecule is COC1CCCC(Oc2ccc(N)c(C)c2)C1. The van der Waals surface area contributed by atoms with E-state index >= 15 is 0 Å². The minimum atomic E-state index is 0.275. The fraction of sp³-hybridized carbons (Fsp3) is 0.571. The highest BCUT2D eigenvalue weighted by atomic mass is 16.5. The van der Waals surface area contributed by atoms with Crippen LogP contribution in [-0.2, 0) is 4.74 Å². The van der Waals surface area contributed by atoms with Crippen molar-refractivity contribution in [2.45, 2.75) is 44.8 Å². The zero-order chi connectivity index (χ0) is 12.3. The Morgan fingerprint density at radius 2 is 2.00 bits per heavy atom. The monoisotopic (exact) mass is 235 g/mol. The molecule has 0 heterocycles. The summed E-state index contributed by atoms with van der Waals surface area (Å²) in [5, 5.41) is 0. The molecule has 0 saturated heterocycles. The van der Waals surface area contributed by atoms with Gasteiger partial charge >= 0.3 is 0 Å². The van der Waals surface area contributed by atoms with Crippen LogP contribution in [0.2, 0.25) is 0 Å². The van der Waals surface area contributed by atoms with Crippen LogP contribution < -0.4 is 10.5 Å². The van der Waals surface area contributed by atoms with Crippen molar-refractivity contribution in [1.29, 1.82) is 0 Å². The van der Waals surface area contributed by atoms with Gasteiger partial charge in [0.1, 0.15) is 11.9 Å². The van der Waals surface area contributed by atoms with Crippen molar-refractivity contribution in [1.82, 2.24) is 0 Å². The van der Waals surface area contributed by atoms with Gasteiger partial charge in [0, 0.05) is 19.2 Å². The van der Waals surface area contributed by atoms with Gasteiger partial charge in [-0.15, -0.1) is 0 Å². The van der Waals surface area contributed by atoms with Crippen molar-refractivity contribution in [2.75, 3.05) is 12.8 Å². The van der Waals surface area contributed by atoms with Crippen LogP contribution in [-0.4, -0.2) is 19.3 Å². The number of ether oxygens (including phenoxy) is 2. The molecule has 0 amide bonds. The lowest BCUT2D eigenvalue weighted by molar-refractivity contribution is 0.0209. The minimum Gasteiger partial charge on any atom is -0.490 e. The van der Waals surface area contributed by atoms with E-state index in [1.165, 1.54) is 6.42 Å². The van der Waals surface area contributed by atoms with Gasteiger partial charge in [0.2, 0.25) is 0 Å². The summed E-state index contributed by atoms with van der Waals surface area (Å²) in [6.07, 6.45) is 5.05. The number of aryl methyl sites for hydroxylation is 1. The fourth-order valence-corrected chi connectivity index (χ4v) is 2.34. The lowest BCUT2D eigenvalue weighted by Crippen LogP contribution is -2.29. The summed E-state index contributed by atoms with van der Waals surface area (Å²) >= 11 is 0. The van der Waals surface area contributed by atoms with E-state index in [-0.39, 0.29) is 6.10 Å². The van der Waals surface area contributed by atoms with Gasteiger partial charge in [-0.2, -0.15) is 0 Å². The predicted molar refractivity (Wildman–Crippen MR) is 69.3 cm³/mol. The van der Waals surface area contributed by atoms with E-state index in [0.29, 0.717) is 6.10 Å². The number of benzene rings is 1. The summed E-state index contributed by atoms with van der Waals surface area (Å²) in [5.41, 5.74) is 7.68. The number of rotatable bonds is 3. The van der Waals surface area contributed by atoms with Crippen molar-refractivity contribution in [3.63, 3.8) is 0 Å². The molecule has 1 saturated carbocycles. The van der Waals surface area contributed by atoms with Crippen LogP contribution >= 0.6 is 0 Å². The molecule has 0 aliphatic heterocycles. The van der Waals surface area contributed by atoms with Gasteiger partial charge in [-0.3, -0.25) is 0 Å². The Hall–Kier alpha value is -1.22. The van der Waals surface area contributed by atoms with Crippen molar-refractivity contribution < 1.29 is 9.47 Å². The molecule has 3 heteroatoms. The average molecular weight is 235 g/mol. The van der Waals surface area contributed by atoms with Crippen LogP contribution in [0.15, 0.2) is 18.2 Å². The van der Waals surface area contributed by atoms with Crippen LogP contribution in [0, 0.1) is 6.92 Å². The first-order valence-electron chi connectivity index (χ1n) is 6.24. The minimum absolute atomic E-state index is 0.275. The highest BCUT2D eigenvalue weighted by molar-refractivity contribution is 5.49. The number of anilines is 1. The smallest absolute Gasteiger partial charge is 0.120 e. The van der Waals surface area contributed by atoms with Gasteiger partial charge in [0.05, 0.1) is 6.10 Å². The second kappa shape index (κ2) is 5.41. The van der Waals surface area contributed by atoms with Gasteiger partial charge in [-0.1, -0.05) is 0 Å². The Morgan fingerprint density at radius 3 is 2.71 bits per heavy atom. The van der Waals surface area contributed by atoms with Gasteiger partial charge in [-0.25, -0.2) is 0 Å². The molecule has 1 aromatic carbocycles. The third-order valence-corrected chi connectivity index (χ3v) is 3.46. The maximum atomic E-state index is 5.99. The molecule has 0 bridgehead atoms. The first-order chi connectivity index (χ1) is 8.19. The summed E-state index contributed by atoms with van der Waals surface area (Å²) in [7, 11) is 1.78. The van der Waals surface area contributed by atoms with Crippen molar-refractivity contribution >= 4 is 5.69 Å². The number of nitrogen functional groups attached to an aromatic ring is 1. The first kappa shape index (κ1) is 12.2. The van der Waals surface area contributed by atoms with Crippen molar-refractivity contribution in [2.24, 2.45) is 0 Å². The molecule has 1 aromatic rings. The molecular formula is C14H21NO2. The number of hydrogen-bond acceptors (Lipinski definition) is 3. The predicted octanol–water partition coefficient (Wildman–Crippen LogP) is 2.91. The van der Waals surface area contributed by atoms with E-state index < -0.39 is 0 Å². The van der Waals surface area contributed by atoms with Crippen molar-refractivity contribution in [3.05, 3.63) is 23.8 Å². The van der Waals surface area contributed by atoms with Crippen LogP contribution in [0.4, 0.5) is 5.69 Å². The van der Waals surface area contributed by atoms with E-state index in [1.54, 1.807) is 7.11 Å². The maximum Gasteiger partial charge on any atom is 0.120 e. The van der Waals surface area contributed by atoms with E-state index in [1.807, 2.05) is 25.1 Å². The Kier molecular flexibility index (Phi) is 3.89. The van der Waals surface area contributed by atoms with Gasteiger partial charge < -0.3 is 15.2 Å². The molecule has 0 radical (unpaired) electrons. The van der Waals surface area contributed by atoms with E-state index in [2.05, 4.69) is 0 Å². The molecule has 1 aliphatic rings. The molecule has 2 unspecified atom stereocenters. The third-order valence-electron chi connectivity index (χ3n) is 3.46. The molecule has 94 valence electrons. The molecule has 17 heavy (non-hydrogen) atoms. The molecule has 2 atom stereocenters. The van der Waals surface area contributed by atoms with Crippen molar-refractivity contribution in [3.8, 4) is 5.75 Å². The summed E-state index contributed by atoms with van der Waals surface area (Å²) in [5.74, 6) is 0.915. The fourth-order valence-electron chi connectivity index (χ4n) is 2.34. The molecule has 0 spiro atoms. The quantitative estimate of drug-likeness (QED) is 0.819. The van der Waals surface area contributed by atoms with Gasteiger partial charge in [0.25, 0.3) is 0 Å². The van der Waals surface area contributed by atoms with Gasteiger partial charge in [0.15, 0.2) is 0 Å². The van der Waals surface area contributed by atoms with Crippen LogP contribution in [0.25, 0.3) is 0 Å². The van der Waals surface area contributed by atoms with Gasteiger partial charge in [-0.05, 0) is 49.9 Å². The maximum absolute atomic E-state index is 5.99. The average Bonchev–Trinajstić information content (AvgIpc) is 2.34. The second-order valence-corrected chi connectivity index (χ2v) is 4.78. The van der Waals surface area contributed by atoms with E-state index in [0.717, 1.165) is 36.3 Å². The number of hydrogen-bond donors (Lipinski definition) is 1. The third kappa shape index (κ3) is 3.13. The summed E-state index contributed by atoms with van der Waals surface area (Å²) < 4.78 is 11.4. The molecule has 2 N–H and O–H groups in total. The van der Waals surface area contributed by atoms with Crippen LogP contribution in [0.5, 0.6) is 5.75 Å². The lowest BCUT2D eigenvalue weighted by Gasteiger charge is -2.28. The molecule has 1 aliphatic carbocycles. The topological polar surface area (TPSA) is 44.5 Å².